The molecule has 1 fully saturated rings. The zero-order valence-electron chi connectivity index (χ0n) is 26.9. The molecule has 1 atom stereocenters. The first kappa shape index (κ1) is 39.7. The molecule has 1 aromatic rings. The lowest BCUT2D eigenvalue weighted by Crippen LogP contribution is -2.38. The Balaban J connectivity index is 0.00000244. The van der Waals surface area contributed by atoms with Gasteiger partial charge in [-0.15, -0.1) is 13.2 Å². The molecule has 0 saturated carbocycles. The van der Waals surface area contributed by atoms with Crippen LogP contribution in [-0.2, 0) is 9.53 Å². The van der Waals surface area contributed by atoms with Crippen LogP contribution in [-0.4, -0.2) is 55.5 Å². The molecule has 0 radical (unpaired) electrons. The third-order valence-electron chi connectivity index (χ3n) is 6.24. The van der Waals surface area contributed by atoms with Crippen molar-refractivity contribution in [1.82, 2.24) is 15.5 Å². The highest BCUT2D eigenvalue weighted by Gasteiger charge is 2.27. The molecule has 0 spiro atoms. The van der Waals surface area contributed by atoms with Crippen LogP contribution in [0.1, 0.15) is 70.9 Å². The van der Waals surface area contributed by atoms with E-state index in [9.17, 15) is 9.59 Å². The van der Waals surface area contributed by atoms with Gasteiger partial charge < -0.3 is 26.0 Å². The van der Waals surface area contributed by atoms with Gasteiger partial charge in [0.1, 0.15) is 6.42 Å². The van der Waals surface area contributed by atoms with Gasteiger partial charge in [0, 0.05) is 31.4 Å². The molecule has 9 nitrogen and oxygen atoms in total. The molecule has 0 aromatic heterocycles. The van der Waals surface area contributed by atoms with Crippen molar-refractivity contribution in [2.75, 3.05) is 20.1 Å². The predicted octanol–water partition coefficient (Wildman–Crippen LogP) is 6.99. The van der Waals surface area contributed by atoms with Crippen LogP contribution < -0.4 is 16.4 Å². The summed E-state index contributed by atoms with van der Waals surface area (Å²) >= 11 is 6.45. The number of carbonyl (C=O) groups is 2. The summed E-state index contributed by atoms with van der Waals surface area (Å²) in [6.45, 7) is 18.1. The van der Waals surface area contributed by atoms with E-state index in [1.807, 2.05) is 58.0 Å². The van der Waals surface area contributed by atoms with E-state index in [-0.39, 0.29) is 24.5 Å². The molecule has 2 amide bonds. The number of nitriles is 1. The average Bonchev–Trinajstić information content (AvgIpc) is 3.20. The minimum Gasteiger partial charge on any atom is -0.447 e. The van der Waals surface area contributed by atoms with Crippen LogP contribution in [0.4, 0.5) is 4.79 Å². The number of benzene rings is 1. The lowest BCUT2D eigenvalue weighted by atomic mass is 9.87. The number of amides is 2. The molecule has 1 unspecified atom stereocenters. The number of allylic oxidation sites excluding steroid dienone is 2. The van der Waals surface area contributed by atoms with Crippen LogP contribution in [0.3, 0.4) is 0 Å². The predicted molar refractivity (Wildman–Crippen MR) is 184 cm³/mol. The first-order valence-corrected chi connectivity index (χ1v) is 15.1. The fraction of sp³-hybridized carbons (Fsp3) is 0.412. The fourth-order valence-electron chi connectivity index (χ4n) is 4.63. The van der Waals surface area contributed by atoms with Crippen molar-refractivity contribution in [3.05, 3.63) is 84.2 Å². The lowest BCUT2D eigenvalue weighted by Gasteiger charge is -2.30. The number of halogens is 1. The van der Waals surface area contributed by atoms with Crippen LogP contribution in [0.5, 0.6) is 0 Å². The van der Waals surface area contributed by atoms with Gasteiger partial charge in [-0.2, -0.15) is 5.26 Å². The van der Waals surface area contributed by atoms with Gasteiger partial charge in [-0.3, -0.25) is 9.79 Å². The number of hydrogen-bond donors (Lipinski definition) is 3. The van der Waals surface area contributed by atoms with E-state index < -0.39 is 6.04 Å². The first-order valence-electron chi connectivity index (χ1n) is 14.7. The van der Waals surface area contributed by atoms with Crippen molar-refractivity contribution in [3.8, 4) is 6.07 Å². The Labute approximate surface area is 268 Å². The third-order valence-corrected chi connectivity index (χ3v) is 6.48. The quantitative estimate of drug-likeness (QED) is 0.170. The van der Waals surface area contributed by atoms with Crippen LogP contribution in [0.15, 0.2) is 73.1 Å². The van der Waals surface area contributed by atoms with Gasteiger partial charge in [-0.1, -0.05) is 49.7 Å². The second-order valence-corrected chi connectivity index (χ2v) is 9.86. The van der Waals surface area contributed by atoms with Gasteiger partial charge in [0.15, 0.2) is 0 Å². The lowest BCUT2D eigenvalue weighted by molar-refractivity contribution is -0.120. The van der Waals surface area contributed by atoms with Gasteiger partial charge in [-0.25, -0.2) is 4.79 Å². The van der Waals surface area contributed by atoms with Crippen molar-refractivity contribution in [1.29, 1.82) is 5.26 Å². The molecule has 0 bridgehead atoms. The molecule has 44 heavy (non-hydrogen) atoms. The van der Waals surface area contributed by atoms with Gasteiger partial charge in [0.05, 0.1) is 24.6 Å². The smallest absolute Gasteiger partial charge is 0.410 e. The van der Waals surface area contributed by atoms with E-state index >= 15 is 0 Å². The Hall–Kier alpha value is -4.29. The molecular weight excluding hydrogens is 576 g/mol. The van der Waals surface area contributed by atoms with Gasteiger partial charge in [-0.05, 0) is 86.2 Å². The Kier molecular flexibility index (Phi) is 20.9. The molecule has 10 heteroatoms. The zero-order valence-corrected chi connectivity index (χ0v) is 27.6. The summed E-state index contributed by atoms with van der Waals surface area (Å²) in [5.41, 5.74) is 10.1. The minimum atomic E-state index is -0.465. The van der Waals surface area contributed by atoms with E-state index in [2.05, 4.69) is 47.2 Å². The van der Waals surface area contributed by atoms with E-state index in [1.165, 1.54) is 17.3 Å². The van der Waals surface area contributed by atoms with E-state index in [4.69, 9.17) is 21.6 Å². The monoisotopic (exact) mass is 624 g/mol. The third kappa shape index (κ3) is 13.3. The Morgan fingerprint density at radius 3 is 2.41 bits per heavy atom. The summed E-state index contributed by atoms with van der Waals surface area (Å²) in [6.07, 6.45) is 11.0. The van der Waals surface area contributed by atoms with Crippen molar-refractivity contribution in [2.24, 2.45) is 10.7 Å². The highest BCUT2D eigenvalue weighted by Crippen LogP contribution is 2.39. The normalized spacial score (nSPS) is 14.6. The molecule has 1 aliphatic heterocycles. The van der Waals surface area contributed by atoms with Gasteiger partial charge >= 0.3 is 6.09 Å². The number of nitrogens with one attached hydrogen (secondary N) is 2. The highest BCUT2D eigenvalue weighted by molar-refractivity contribution is 6.30. The molecule has 2 aliphatic rings. The molecule has 1 aliphatic carbocycles. The topological polar surface area (TPSA) is 133 Å². The van der Waals surface area contributed by atoms with Gasteiger partial charge in [0.25, 0.3) is 0 Å². The number of likely N-dealkylation sites (tertiary alicyclic amines) is 1. The van der Waals surface area contributed by atoms with Gasteiger partial charge in [0.2, 0.25) is 5.91 Å². The standard InChI is InChI=1S/C28H34ClN5O3.C2H5N.C2H6.C2H4/c1-19(2)37-28(36)34-15-11-20(12-16-34)22-5-4-6-24(25-17-21(29)7-8-23(22)25)26(10-14-32-18-31-3)33-27(35)9-13-30;1-2-3;2*1-2/h6-8,10,14,17-19,26H,4-5,9,11-12,15-16H2,1-3H3,(H,31,32)(H,33,35);2H,1,3H2;1-2H3;1-2H2/b14-10+;;;. The maximum absolute atomic E-state index is 12.4. The number of ether oxygens (including phenoxy) is 1. The van der Waals surface area contributed by atoms with Crippen LogP contribution in [0, 0.1) is 11.3 Å². The number of rotatable bonds is 7. The highest BCUT2D eigenvalue weighted by atomic mass is 35.5. The average molecular weight is 625 g/mol. The van der Waals surface area contributed by atoms with Crippen molar-refractivity contribution < 1.29 is 14.3 Å². The fourth-order valence-corrected chi connectivity index (χ4v) is 4.80. The van der Waals surface area contributed by atoms with Crippen molar-refractivity contribution in [2.45, 2.75) is 71.9 Å². The zero-order chi connectivity index (χ0) is 33.5. The Morgan fingerprint density at radius 2 is 1.84 bits per heavy atom. The number of nitrogens with two attached hydrogens (primary N) is 1. The molecule has 1 heterocycles. The van der Waals surface area contributed by atoms with Crippen LogP contribution in [0.25, 0.3) is 11.1 Å². The van der Waals surface area contributed by atoms with Crippen molar-refractivity contribution in [3.63, 3.8) is 0 Å². The summed E-state index contributed by atoms with van der Waals surface area (Å²) in [7, 11) is 1.66. The minimum absolute atomic E-state index is 0.143. The maximum Gasteiger partial charge on any atom is 0.410 e. The van der Waals surface area contributed by atoms with Crippen LogP contribution in [0.2, 0.25) is 5.02 Å². The number of carbonyl (C=O) groups excluding carboxylic acids is 2. The molecule has 4 N–H and O–H groups in total. The van der Waals surface area contributed by atoms with E-state index in [0.29, 0.717) is 18.1 Å². The maximum atomic E-state index is 12.4. The summed E-state index contributed by atoms with van der Waals surface area (Å²) in [5.74, 6) is -0.353. The first-order chi connectivity index (χ1) is 21.2. The number of piperidine rings is 1. The second-order valence-electron chi connectivity index (χ2n) is 9.42. The molecule has 240 valence electrons. The second kappa shape index (κ2) is 23.2. The number of nitrogens with zero attached hydrogens (tertiary/aromatic N) is 3. The summed E-state index contributed by atoms with van der Waals surface area (Å²) in [6, 6.07) is 7.30. The largest absolute Gasteiger partial charge is 0.447 e. The molecule has 1 aromatic carbocycles. The van der Waals surface area contributed by atoms with E-state index in [0.717, 1.165) is 42.4 Å². The van der Waals surface area contributed by atoms with Crippen LogP contribution >= 0.6 is 11.6 Å². The molecular formula is C34H49ClN6O3. The number of aliphatic imine (C=N–C) groups is 1. The molecule has 1 saturated heterocycles. The van der Waals surface area contributed by atoms with Crippen molar-refractivity contribution >= 4 is 41.1 Å². The summed E-state index contributed by atoms with van der Waals surface area (Å²) < 4.78 is 5.37. The Morgan fingerprint density at radius 1 is 1.20 bits per heavy atom. The number of hydrogen-bond acceptors (Lipinski definition) is 6. The number of fused-ring (bicyclic) bond motifs is 1. The Bertz CT molecular complexity index is 1220. The molecule has 3 rings (SSSR count). The summed E-state index contributed by atoms with van der Waals surface area (Å²) in [4.78, 5) is 30.4. The van der Waals surface area contributed by atoms with E-state index in [1.54, 1.807) is 24.5 Å². The SMILES string of the molecule is C=C.C=CN.CC.CN=CN/C=C/C(NC(=O)CC#N)C1=CCCC(=C2CCN(C(=O)OC(C)C)CC2)c2ccc(Cl)cc21. The summed E-state index contributed by atoms with van der Waals surface area (Å²) in [5, 5.41) is 15.5.